The van der Waals surface area contributed by atoms with Crippen LogP contribution in [0.4, 0.5) is 9.59 Å². The summed E-state index contributed by atoms with van der Waals surface area (Å²) >= 11 is 0. The Morgan fingerprint density at radius 1 is 1.16 bits per heavy atom. The first-order valence-electron chi connectivity index (χ1n) is 9.69. The van der Waals surface area contributed by atoms with Crippen LogP contribution < -0.4 is 10.6 Å². The number of hydrogen-bond donors (Lipinski definition) is 2. The number of piperidine rings is 2. The predicted molar refractivity (Wildman–Crippen MR) is 97.6 cm³/mol. The van der Waals surface area contributed by atoms with Gasteiger partial charge in [-0.1, -0.05) is 0 Å². The smallest absolute Gasteiger partial charge is 0.409 e. The molecule has 2 rings (SSSR count). The van der Waals surface area contributed by atoms with Gasteiger partial charge in [0.25, 0.3) is 0 Å². The van der Waals surface area contributed by atoms with E-state index in [0.29, 0.717) is 31.7 Å². The zero-order valence-corrected chi connectivity index (χ0v) is 15.9. The van der Waals surface area contributed by atoms with Gasteiger partial charge in [0.05, 0.1) is 6.61 Å². The van der Waals surface area contributed by atoms with Crippen molar-refractivity contribution < 1.29 is 14.3 Å². The normalized spacial score (nSPS) is 22.7. The summed E-state index contributed by atoms with van der Waals surface area (Å²) in [6, 6.07) is 0.613. The average molecular weight is 354 g/mol. The molecule has 0 aromatic heterocycles. The second kappa shape index (κ2) is 9.85. The van der Waals surface area contributed by atoms with Gasteiger partial charge >= 0.3 is 12.1 Å². The molecule has 2 heterocycles. The SMILES string of the molecule is CCOC(=O)N1CCC(NC(=O)NCC2CCCN(C(C)C)C2)CC1. The van der Waals surface area contributed by atoms with E-state index in [9.17, 15) is 9.59 Å². The van der Waals surface area contributed by atoms with Crippen LogP contribution in [0.5, 0.6) is 0 Å². The lowest BCUT2D eigenvalue weighted by molar-refractivity contribution is 0.0956. The molecule has 0 aromatic carbocycles. The maximum Gasteiger partial charge on any atom is 0.409 e. The Labute approximate surface area is 151 Å². The number of nitrogens with zero attached hydrogens (tertiary/aromatic N) is 2. The lowest BCUT2D eigenvalue weighted by Crippen LogP contribution is -2.50. The Bertz CT molecular complexity index is 436. The van der Waals surface area contributed by atoms with E-state index >= 15 is 0 Å². The highest BCUT2D eigenvalue weighted by Crippen LogP contribution is 2.17. The number of carbonyl (C=O) groups is 2. The van der Waals surface area contributed by atoms with Crippen molar-refractivity contribution in [3.05, 3.63) is 0 Å². The fourth-order valence-electron chi connectivity index (χ4n) is 3.63. The molecule has 2 aliphatic rings. The lowest BCUT2D eigenvalue weighted by Gasteiger charge is -2.35. The van der Waals surface area contributed by atoms with Crippen molar-refractivity contribution in [3.63, 3.8) is 0 Å². The zero-order chi connectivity index (χ0) is 18.2. The van der Waals surface area contributed by atoms with Crippen molar-refractivity contribution in [1.82, 2.24) is 20.4 Å². The third-order valence-corrected chi connectivity index (χ3v) is 5.19. The van der Waals surface area contributed by atoms with Crippen molar-refractivity contribution in [1.29, 1.82) is 0 Å². The van der Waals surface area contributed by atoms with Crippen LogP contribution in [-0.2, 0) is 4.74 Å². The highest BCUT2D eigenvalue weighted by atomic mass is 16.6. The van der Waals surface area contributed by atoms with E-state index in [1.54, 1.807) is 4.90 Å². The molecular formula is C18H34N4O3. The van der Waals surface area contributed by atoms with Gasteiger partial charge in [-0.15, -0.1) is 0 Å². The first-order chi connectivity index (χ1) is 12.0. The summed E-state index contributed by atoms with van der Waals surface area (Å²) in [5, 5.41) is 6.07. The molecule has 144 valence electrons. The van der Waals surface area contributed by atoms with Gasteiger partial charge < -0.3 is 25.2 Å². The average Bonchev–Trinajstić information content (AvgIpc) is 2.61. The van der Waals surface area contributed by atoms with E-state index in [1.165, 1.54) is 19.4 Å². The highest BCUT2D eigenvalue weighted by molar-refractivity contribution is 5.74. The van der Waals surface area contributed by atoms with E-state index in [2.05, 4.69) is 29.4 Å². The first-order valence-corrected chi connectivity index (χ1v) is 9.69. The van der Waals surface area contributed by atoms with Crippen molar-refractivity contribution in [2.75, 3.05) is 39.3 Å². The van der Waals surface area contributed by atoms with Crippen molar-refractivity contribution in [2.45, 2.75) is 58.5 Å². The Morgan fingerprint density at radius 2 is 1.88 bits per heavy atom. The maximum atomic E-state index is 12.1. The summed E-state index contributed by atoms with van der Waals surface area (Å²) in [6.45, 7) is 10.9. The molecule has 1 unspecified atom stereocenters. The number of rotatable bonds is 5. The molecule has 2 fully saturated rings. The summed E-state index contributed by atoms with van der Waals surface area (Å²) in [7, 11) is 0. The van der Waals surface area contributed by atoms with Gasteiger partial charge in [0, 0.05) is 38.3 Å². The third-order valence-electron chi connectivity index (χ3n) is 5.19. The number of urea groups is 1. The molecule has 1 atom stereocenters. The van der Waals surface area contributed by atoms with Gasteiger partial charge in [0.15, 0.2) is 0 Å². The standard InChI is InChI=1S/C18H34N4O3/c1-4-25-18(24)21-10-7-16(8-11-21)20-17(23)19-12-15-6-5-9-22(13-15)14(2)3/h14-16H,4-13H2,1-3H3,(H2,19,20,23). The largest absolute Gasteiger partial charge is 0.450 e. The van der Waals surface area contributed by atoms with Crippen LogP contribution in [0, 0.1) is 5.92 Å². The minimum Gasteiger partial charge on any atom is -0.450 e. The number of amides is 3. The van der Waals surface area contributed by atoms with Crippen LogP contribution in [0.15, 0.2) is 0 Å². The van der Waals surface area contributed by atoms with Crippen molar-refractivity contribution in [3.8, 4) is 0 Å². The number of ether oxygens (including phenoxy) is 1. The number of carbonyl (C=O) groups excluding carboxylic acids is 2. The van der Waals surface area contributed by atoms with Crippen molar-refractivity contribution in [2.24, 2.45) is 5.92 Å². The Morgan fingerprint density at radius 3 is 2.52 bits per heavy atom. The topological polar surface area (TPSA) is 73.9 Å². The van der Waals surface area contributed by atoms with Crippen LogP contribution in [-0.4, -0.2) is 73.3 Å². The maximum absolute atomic E-state index is 12.1. The van der Waals surface area contributed by atoms with E-state index in [0.717, 1.165) is 25.9 Å². The molecule has 7 heteroatoms. The van der Waals surface area contributed by atoms with E-state index in [4.69, 9.17) is 4.74 Å². The Kier molecular flexibility index (Phi) is 7.81. The summed E-state index contributed by atoms with van der Waals surface area (Å²) in [6.07, 6.45) is 3.69. The van der Waals surface area contributed by atoms with Gasteiger partial charge in [0.2, 0.25) is 0 Å². The quantitative estimate of drug-likeness (QED) is 0.792. The van der Waals surface area contributed by atoms with Crippen LogP contribution >= 0.6 is 0 Å². The van der Waals surface area contributed by atoms with Gasteiger partial charge in [0.1, 0.15) is 0 Å². The summed E-state index contributed by atoms with van der Waals surface area (Å²) in [5.74, 6) is 0.535. The molecule has 2 saturated heterocycles. The van der Waals surface area contributed by atoms with Crippen molar-refractivity contribution >= 4 is 12.1 Å². The number of hydrogen-bond acceptors (Lipinski definition) is 4. The highest BCUT2D eigenvalue weighted by Gasteiger charge is 2.25. The molecule has 2 aliphatic heterocycles. The molecule has 0 saturated carbocycles. The van der Waals surface area contributed by atoms with Crippen LogP contribution in [0.3, 0.4) is 0 Å². The lowest BCUT2D eigenvalue weighted by atomic mass is 9.97. The number of nitrogens with one attached hydrogen (secondary N) is 2. The van der Waals surface area contributed by atoms with Gasteiger partial charge in [-0.05, 0) is 58.9 Å². The van der Waals surface area contributed by atoms with Gasteiger partial charge in [-0.2, -0.15) is 0 Å². The van der Waals surface area contributed by atoms with Gasteiger partial charge in [-0.3, -0.25) is 0 Å². The van der Waals surface area contributed by atoms with Crippen LogP contribution in [0.1, 0.15) is 46.5 Å². The van der Waals surface area contributed by atoms with E-state index < -0.39 is 0 Å². The molecule has 3 amide bonds. The molecule has 0 radical (unpaired) electrons. The minimum atomic E-state index is -0.252. The molecule has 0 bridgehead atoms. The summed E-state index contributed by atoms with van der Waals surface area (Å²) < 4.78 is 5.01. The monoisotopic (exact) mass is 354 g/mol. The van der Waals surface area contributed by atoms with Gasteiger partial charge in [-0.25, -0.2) is 9.59 Å². The fourth-order valence-corrected chi connectivity index (χ4v) is 3.63. The summed E-state index contributed by atoms with van der Waals surface area (Å²) in [5.41, 5.74) is 0. The predicted octanol–water partition coefficient (Wildman–Crippen LogP) is 2.03. The molecule has 7 nitrogen and oxygen atoms in total. The minimum absolute atomic E-state index is 0.0868. The second-order valence-corrected chi connectivity index (χ2v) is 7.41. The van der Waals surface area contributed by atoms with E-state index in [-0.39, 0.29) is 18.2 Å². The first kappa shape index (κ1) is 19.8. The van der Waals surface area contributed by atoms with Crippen LogP contribution in [0.25, 0.3) is 0 Å². The van der Waals surface area contributed by atoms with Crippen LogP contribution in [0.2, 0.25) is 0 Å². The zero-order valence-electron chi connectivity index (χ0n) is 15.9. The molecule has 2 N–H and O–H groups in total. The Balaban J connectivity index is 1.63. The molecule has 0 spiro atoms. The third kappa shape index (κ3) is 6.38. The molecular weight excluding hydrogens is 320 g/mol. The molecule has 0 aromatic rings. The molecule has 25 heavy (non-hydrogen) atoms. The van der Waals surface area contributed by atoms with E-state index in [1.807, 2.05) is 6.92 Å². The Hall–Kier alpha value is -1.50. The molecule has 0 aliphatic carbocycles. The fraction of sp³-hybridized carbons (Fsp3) is 0.889. The summed E-state index contributed by atoms with van der Waals surface area (Å²) in [4.78, 5) is 28.0. The number of likely N-dealkylation sites (tertiary alicyclic amines) is 2. The second-order valence-electron chi connectivity index (χ2n) is 7.41.